The van der Waals surface area contributed by atoms with Crippen LogP contribution in [0.5, 0.6) is 0 Å². The van der Waals surface area contributed by atoms with E-state index in [2.05, 4.69) is 0 Å². The number of carbonyl (C=O) groups is 4. The number of nitrogens with zero attached hydrogens (tertiary/aromatic N) is 2. The second kappa shape index (κ2) is 10.6. The summed E-state index contributed by atoms with van der Waals surface area (Å²) >= 11 is 2.35. The molecule has 2 amide bonds. The number of fused-ring (bicyclic) bond motifs is 2. The van der Waals surface area contributed by atoms with Crippen LogP contribution < -0.4 is 0 Å². The molecule has 4 heterocycles. The molecule has 0 bridgehead atoms. The maximum atomic E-state index is 13.8. The first kappa shape index (κ1) is 27.5. The van der Waals surface area contributed by atoms with Gasteiger partial charge in [-0.25, -0.2) is 19.2 Å². The summed E-state index contributed by atoms with van der Waals surface area (Å²) in [5.41, 5.74) is -1.58. The Hall–Kier alpha value is -4.68. The monoisotopic (exact) mass is 604 g/mol. The molecule has 12 heteroatoms. The molecule has 2 unspecified atom stereocenters. The Balaban J connectivity index is 1.46. The summed E-state index contributed by atoms with van der Waals surface area (Å²) in [6, 6.07) is 20.6. The van der Waals surface area contributed by atoms with Crippen molar-refractivity contribution in [2.75, 3.05) is 13.1 Å². The summed E-state index contributed by atoms with van der Waals surface area (Å²) in [6.45, 7) is 0.0117. The van der Waals surface area contributed by atoms with Gasteiger partial charge in [-0.1, -0.05) is 60.7 Å². The average Bonchev–Trinajstić information content (AvgIpc) is 3.73. The molecule has 0 spiro atoms. The minimum atomic E-state index is -1.96. The van der Waals surface area contributed by atoms with Crippen molar-refractivity contribution < 1.29 is 38.9 Å². The second-order valence-corrected chi connectivity index (χ2v) is 11.6. The average molecular weight is 605 g/mol. The first-order chi connectivity index (χ1) is 20.3. The van der Waals surface area contributed by atoms with Gasteiger partial charge >= 0.3 is 24.1 Å². The van der Waals surface area contributed by atoms with Gasteiger partial charge in [0.25, 0.3) is 11.4 Å². The third-order valence-electron chi connectivity index (χ3n) is 7.55. The fourth-order valence-corrected chi connectivity index (χ4v) is 7.58. The van der Waals surface area contributed by atoms with Crippen LogP contribution in [0.3, 0.4) is 0 Å². The number of carboxylic acid groups (broad SMARTS) is 2. The number of esters is 2. The quantitative estimate of drug-likeness (QED) is 0.244. The van der Waals surface area contributed by atoms with Crippen LogP contribution in [0.15, 0.2) is 83.6 Å². The lowest BCUT2D eigenvalue weighted by Crippen LogP contribution is -2.58. The maximum absolute atomic E-state index is 13.8. The Bertz CT molecular complexity index is 1550. The molecule has 4 aromatic rings. The fraction of sp³-hybridized carbons (Fsp3) is 0.200. The van der Waals surface area contributed by atoms with Crippen LogP contribution in [0.25, 0.3) is 0 Å². The summed E-state index contributed by atoms with van der Waals surface area (Å²) in [5, 5.41) is 23.9. The third kappa shape index (κ3) is 4.22. The molecule has 214 valence electrons. The van der Waals surface area contributed by atoms with Gasteiger partial charge in [0, 0.05) is 24.2 Å². The molecule has 0 saturated carbocycles. The lowest BCUT2D eigenvalue weighted by Gasteiger charge is -2.46. The lowest BCUT2D eigenvalue weighted by molar-refractivity contribution is -0.201. The van der Waals surface area contributed by atoms with Crippen LogP contribution in [0.4, 0.5) is 9.59 Å². The van der Waals surface area contributed by atoms with Crippen LogP contribution in [0, 0.1) is 0 Å². The molecule has 2 atom stereocenters. The SMILES string of the molecule is O=C(OC1(c2cccs2)c2ccccc2CCN1C(=O)O)C(=O)OC1(c2cccs2)c2ccccc2CCN1C(=O)O. The van der Waals surface area contributed by atoms with E-state index in [1.165, 1.54) is 22.7 Å². The normalized spacial score (nSPS) is 21.1. The Labute approximate surface area is 248 Å². The van der Waals surface area contributed by atoms with Gasteiger partial charge < -0.3 is 19.7 Å². The molecule has 0 fully saturated rings. The van der Waals surface area contributed by atoms with Crippen molar-refractivity contribution in [3.05, 3.63) is 116 Å². The van der Waals surface area contributed by atoms with E-state index >= 15 is 0 Å². The topological polar surface area (TPSA) is 134 Å². The van der Waals surface area contributed by atoms with E-state index in [1.54, 1.807) is 71.4 Å². The Kier molecular flexibility index (Phi) is 6.95. The predicted molar refractivity (Wildman–Crippen MR) is 152 cm³/mol. The van der Waals surface area contributed by atoms with Crippen LogP contribution in [0.1, 0.15) is 32.0 Å². The predicted octanol–water partition coefficient (Wildman–Crippen LogP) is 5.07. The van der Waals surface area contributed by atoms with Crippen LogP contribution in [-0.2, 0) is 43.4 Å². The third-order valence-corrected chi connectivity index (χ3v) is 9.47. The van der Waals surface area contributed by atoms with Crippen LogP contribution >= 0.6 is 22.7 Å². The number of carbonyl (C=O) groups excluding carboxylic acids is 2. The van der Waals surface area contributed by atoms with Gasteiger partial charge in [0.1, 0.15) is 0 Å². The number of ether oxygens (including phenoxy) is 2. The Morgan fingerprint density at radius 3 is 1.38 bits per heavy atom. The standard InChI is InChI=1S/C30H24N2O8S2/c33-25(39-29(23-11-5-17-41-23)21-9-3-1-7-19(21)13-15-31(29)27(35)36)26(34)40-30(24-12-6-18-42-24)22-10-4-2-8-20(22)14-16-32(30)28(37)38/h1-12,17-18H,13-16H2,(H,35,36)(H,37,38). The molecule has 0 saturated heterocycles. The van der Waals surface area contributed by atoms with Gasteiger partial charge in [0.15, 0.2) is 0 Å². The van der Waals surface area contributed by atoms with E-state index in [0.717, 1.165) is 20.9 Å². The van der Waals surface area contributed by atoms with Gasteiger partial charge in [0.2, 0.25) is 0 Å². The number of amides is 2. The molecule has 0 aliphatic carbocycles. The number of hydrogen-bond acceptors (Lipinski definition) is 8. The summed E-state index contributed by atoms with van der Waals surface area (Å²) in [7, 11) is 0. The van der Waals surface area contributed by atoms with E-state index in [0.29, 0.717) is 33.7 Å². The van der Waals surface area contributed by atoms with Crippen LogP contribution in [-0.4, -0.2) is 57.2 Å². The van der Waals surface area contributed by atoms with E-state index in [1.807, 2.05) is 12.1 Å². The number of hydrogen-bond donors (Lipinski definition) is 2. The highest BCUT2D eigenvalue weighted by Gasteiger charge is 2.55. The Morgan fingerprint density at radius 2 is 1.02 bits per heavy atom. The second-order valence-electron chi connectivity index (χ2n) is 9.70. The highest BCUT2D eigenvalue weighted by atomic mass is 32.1. The number of rotatable bonds is 4. The number of thiophene rings is 2. The minimum absolute atomic E-state index is 0.00583. The van der Waals surface area contributed by atoms with Gasteiger partial charge in [-0.05, 0) is 46.9 Å². The molecular formula is C30H24N2O8S2. The van der Waals surface area contributed by atoms with E-state index in [9.17, 15) is 29.4 Å². The highest BCUT2D eigenvalue weighted by Crippen LogP contribution is 2.47. The minimum Gasteiger partial charge on any atom is -0.465 e. The van der Waals surface area contributed by atoms with Crippen molar-refractivity contribution in [3.8, 4) is 0 Å². The molecule has 2 aliphatic heterocycles. The zero-order valence-corrected chi connectivity index (χ0v) is 23.6. The highest BCUT2D eigenvalue weighted by molar-refractivity contribution is 7.10. The molecule has 2 aromatic heterocycles. The zero-order valence-electron chi connectivity index (χ0n) is 22.0. The maximum Gasteiger partial charge on any atom is 0.420 e. The largest absolute Gasteiger partial charge is 0.465 e. The van der Waals surface area contributed by atoms with Crippen molar-refractivity contribution in [1.82, 2.24) is 9.80 Å². The van der Waals surface area contributed by atoms with Gasteiger partial charge in [-0.3, -0.25) is 9.80 Å². The van der Waals surface area contributed by atoms with Crippen molar-refractivity contribution in [3.63, 3.8) is 0 Å². The van der Waals surface area contributed by atoms with E-state index in [-0.39, 0.29) is 13.1 Å². The fourth-order valence-electron chi connectivity index (χ4n) is 5.82. The molecule has 2 N–H and O–H groups in total. The first-order valence-corrected chi connectivity index (χ1v) is 14.8. The first-order valence-electron chi connectivity index (χ1n) is 13.0. The molecule has 2 aromatic carbocycles. The van der Waals surface area contributed by atoms with Gasteiger partial charge in [-0.15, -0.1) is 22.7 Å². The van der Waals surface area contributed by atoms with E-state index < -0.39 is 35.6 Å². The summed E-state index contributed by atoms with van der Waals surface area (Å²) in [6.07, 6.45) is -1.92. The van der Waals surface area contributed by atoms with Gasteiger partial charge in [-0.2, -0.15) is 0 Å². The van der Waals surface area contributed by atoms with Crippen LogP contribution in [0.2, 0.25) is 0 Å². The lowest BCUT2D eigenvalue weighted by atomic mass is 9.88. The summed E-state index contributed by atoms with van der Waals surface area (Å²) in [5.74, 6) is -2.92. The Morgan fingerprint density at radius 1 is 0.619 bits per heavy atom. The summed E-state index contributed by atoms with van der Waals surface area (Å²) < 4.78 is 11.9. The van der Waals surface area contributed by atoms with Crippen molar-refractivity contribution in [1.29, 1.82) is 0 Å². The summed E-state index contributed by atoms with van der Waals surface area (Å²) in [4.78, 5) is 55.4. The number of benzene rings is 2. The zero-order chi connectivity index (χ0) is 29.5. The smallest absolute Gasteiger partial charge is 0.420 e. The molecule has 10 nitrogen and oxygen atoms in total. The molecule has 2 aliphatic rings. The molecule has 0 radical (unpaired) electrons. The molecule has 6 rings (SSSR count). The molecular weight excluding hydrogens is 580 g/mol. The van der Waals surface area contributed by atoms with Crippen molar-refractivity contribution >= 4 is 46.8 Å². The van der Waals surface area contributed by atoms with E-state index in [4.69, 9.17) is 9.47 Å². The van der Waals surface area contributed by atoms with Gasteiger partial charge in [0.05, 0.1) is 9.75 Å². The molecule has 42 heavy (non-hydrogen) atoms. The van der Waals surface area contributed by atoms with Crippen molar-refractivity contribution in [2.45, 2.75) is 24.3 Å². The van der Waals surface area contributed by atoms with Crippen molar-refractivity contribution in [2.24, 2.45) is 0 Å².